The Morgan fingerprint density at radius 2 is 1.81 bits per heavy atom. The second-order valence-corrected chi connectivity index (χ2v) is 6.47. The van der Waals surface area contributed by atoms with Crippen LogP contribution < -0.4 is 5.56 Å². The molecule has 0 unspecified atom stereocenters. The van der Waals surface area contributed by atoms with Crippen LogP contribution in [-0.2, 0) is 11.2 Å². The van der Waals surface area contributed by atoms with Gasteiger partial charge in [-0.05, 0) is 31.0 Å². The Morgan fingerprint density at radius 3 is 2.58 bits per heavy atom. The molecule has 0 fully saturated rings. The standard InChI is InChI=1S/C21H23N3O2/c1-15(16-9-4-3-5-10-16)24(2)20(25)14-8-13-19-22-18-12-7-6-11-17(18)21(26)23-19/h3-7,9-12,15H,8,13-14H2,1-2H3,(H,22,23,26)/t15-/m0/s1. The number of aromatic nitrogens is 2. The van der Waals surface area contributed by atoms with Gasteiger partial charge < -0.3 is 9.88 Å². The van der Waals surface area contributed by atoms with Crippen molar-refractivity contribution >= 4 is 16.8 Å². The van der Waals surface area contributed by atoms with Crippen LogP contribution in [0.5, 0.6) is 0 Å². The summed E-state index contributed by atoms with van der Waals surface area (Å²) >= 11 is 0. The van der Waals surface area contributed by atoms with E-state index in [-0.39, 0.29) is 17.5 Å². The van der Waals surface area contributed by atoms with E-state index in [1.54, 1.807) is 11.0 Å². The van der Waals surface area contributed by atoms with Crippen molar-refractivity contribution in [3.05, 3.63) is 76.3 Å². The molecule has 2 aromatic carbocycles. The predicted molar refractivity (Wildman–Crippen MR) is 103 cm³/mol. The molecule has 0 aliphatic heterocycles. The SMILES string of the molecule is C[C@@H](c1ccccc1)N(C)C(=O)CCCc1nc2ccccc2c(=O)[nH]1. The van der Waals surface area contributed by atoms with E-state index in [4.69, 9.17) is 0 Å². The lowest BCUT2D eigenvalue weighted by Gasteiger charge is -2.25. The quantitative estimate of drug-likeness (QED) is 0.741. The van der Waals surface area contributed by atoms with Crippen LogP contribution in [0.15, 0.2) is 59.4 Å². The van der Waals surface area contributed by atoms with Crippen LogP contribution in [0.2, 0.25) is 0 Å². The minimum atomic E-state index is -0.133. The Labute approximate surface area is 152 Å². The van der Waals surface area contributed by atoms with Crippen LogP contribution in [0.1, 0.15) is 37.2 Å². The molecule has 0 bridgehead atoms. The van der Waals surface area contributed by atoms with Crippen molar-refractivity contribution in [3.63, 3.8) is 0 Å². The summed E-state index contributed by atoms with van der Waals surface area (Å²) in [6.07, 6.45) is 1.63. The maximum atomic E-state index is 12.5. The maximum Gasteiger partial charge on any atom is 0.258 e. The second-order valence-electron chi connectivity index (χ2n) is 6.47. The molecule has 1 atom stereocenters. The lowest BCUT2D eigenvalue weighted by molar-refractivity contribution is -0.131. The van der Waals surface area contributed by atoms with E-state index >= 15 is 0 Å². The van der Waals surface area contributed by atoms with Gasteiger partial charge in [0, 0.05) is 19.9 Å². The number of benzene rings is 2. The summed E-state index contributed by atoms with van der Waals surface area (Å²) in [4.78, 5) is 33.6. The van der Waals surface area contributed by atoms with E-state index in [9.17, 15) is 9.59 Å². The van der Waals surface area contributed by atoms with Crippen molar-refractivity contribution in [1.29, 1.82) is 0 Å². The minimum Gasteiger partial charge on any atom is -0.339 e. The van der Waals surface area contributed by atoms with Gasteiger partial charge in [0.15, 0.2) is 0 Å². The highest BCUT2D eigenvalue weighted by Gasteiger charge is 2.17. The molecule has 1 N–H and O–H groups in total. The van der Waals surface area contributed by atoms with Crippen LogP contribution in [0.25, 0.3) is 10.9 Å². The summed E-state index contributed by atoms with van der Waals surface area (Å²) in [5.74, 6) is 0.713. The number of aromatic amines is 1. The molecule has 5 nitrogen and oxygen atoms in total. The zero-order chi connectivity index (χ0) is 18.5. The Kier molecular flexibility index (Phi) is 5.46. The third-order valence-corrected chi connectivity index (χ3v) is 4.72. The number of nitrogens with one attached hydrogen (secondary N) is 1. The number of para-hydroxylation sites is 1. The first-order chi connectivity index (χ1) is 12.6. The molecule has 0 radical (unpaired) electrons. The minimum absolute atomic E-state index is 0.0299. The maximum absolute atomic E-state index is 12.5. The Bertz CT molecular complexity index is 950. The smallest absolute Gasteiger partial charge is 0.258 e. The van der Waals surface area contributed by atoms with E-state index in [0.717, 1.165) is 5.56 Å². The van der Waals surface area contributed by atoms with Crippen molar-refractivity contribution in [3.8, 4) is 0 Å². The number of aryl methyl sites for hydroxylation is 1. The van der Waals surface area contributed by atoms with E-state index in [1.807, 2.05) is 62.5 Å². The summed E-state index contributed by atoms with van der Waals surface area (Å²) in [5.41, 5.74) is 1.67. The third kappa shape index (κ3) is 3.99. The molecule has 0 saturated heterocycles. The van der Waals surface area contributed by atoms with Crippen molar-refractivity contribution in [1.82, 2.24) is 14.9 Å². The molecule has 1 aromatic heterocycles. The van der Waals surface area contributed by atoms with Gasteiger partial charge in [0.25, 0.3) is 5.56 Å². The molecule has 5 heteroatoms. The van der Waals surface area contributed by atoms with Crippen molar-refractivity contribution in [2.24, 2.45) is 0 Å². The van der Waals surface area contributed by atoms with E-state index in [2.05, 4.69) is 9.97 Å². The zero-order valence-electron chi connectivity index (χ0n) is 15.1. The van der Waals surface area contributed by atoms with E-state index in [0.29, 0.717) is 36.0 Å². The highest BCUT2D eigenvalue weighted by molar-refractivity contribution is 5.77. The fourth-order valence-electron chi connectivity index (χ4n) is 3.01. The van der Waals surface area contributed by atoms with Crippen LogP contribution in [-0.4, -0.2) is 27.8 Å². The van der Waals surface area contributed by atoms with Gasteiger partial charge >= 0.3 is 0 Å². The lowest BCUT2D eigenvalue weighted by atomic mass is 10.1. The summed E-state index contributed by atoms with van der Waals surface area (Å²) < 4.78 is 0. The van der Waals surface area contributed by atoms with Crippen LogP contribution in [0, 0.1) is 0 Å². The van der Waals surface area contributed by atoms with Gasteiger partial charge in [-0.2, -0.15) is 0 Å². The normalized spacial score (nSPS) is 12.1. The van der Waals surface area contributed by atoms with Crippen molar-refractivity contribution in [2.75, 3.05) is 7.05 Å². The molecule has 0 aliphatic rings. The highest BCUT2D eigenvalue weighted by Crippen LogP contribution is 2.19. The molecular formula is C21H23N3O2. The third-order valence-electron chi connectivity index (χ3n) is 4.72. The fraction of sp³-hybridized carbons (Fsp3) is 0.286. The van der Waals surface area contributed by atoms with Crippen LogP contribution in [0.4, 0.5) is 0 Å². The van der Waals surface area contributed by atoms with Gasteiger partial charge in [0.2, 0.25) is 5.91 Å². The zero-order valence-corrected chi connectivity index (χ0v) is 15.1. The van der Waals surface area contributed by atoms with Gasteiger partial charge in [-0.25, -0.2) is 4.98 Å². The number of carbonyl (C=O) groups is 1. The molecule has 3 rings (SSSR count). The number of hydrogen-bond donors (Lipinski definition) is 1. The van der Waals surface area contributed by atoms with Gasteiger partial charge in [0.1, 0.15) is 5.82 Å². The number of carbonyl (C=O) groups excluding carboxylic acids is 1. The predicted octanol–water partition coefficient (Wildman–Crippen LogP) is 3.47. The largest absolute Gasteiger partial charge is 0.339 e. The van der Waals surface area contributed by atoms with Crippen LogP contribution in [0.3, 0.4) is 0 Å². The topological polar surface area (TPSA) is 66.1 Å². The molecule has 0 spiro atoms. The molecule has 3 aromatic rings. The molecular weight excluding hydrogens is 326 g/mol. The molecule has 0 aliphatic carbocycles. The number of rotatable bonds is 6. The van der Waals surface area contributed by atoms with Crippen molar-refractivity contribution < 1.29 is 4.79 Å². The first kappa shape index (κ1) is 17.9. The van der Waals surface area contributed by atoms with Gasteiger partial charge in [0.05, 0.1) is 16.9 Å². The van der Waals surface area contributed by atoms with E-state index in [1.165, 1.54) is 0 Å². The Balaban J connectivity index is 1.59. The number of fused-ring (bicyclic) bond motifs is 1. The number of hydrogen-bond acceptors (Lipinski definition) is 3. The molecule has 134 valence electrons. The first-order valence-electron chi connectivity index (χ1n) is 8.85. The Hall–Kier alpha value is -2.95. The molecule has 26 heavy (non-hydrogen) atoms. The van der Waals surface area contributed by atoms with Crippen molar-refractivity contribution in [2.45, 2.75) is 32.2 Å². The number of H-pyrrole nitrogens is 1. The first-order valence-corrected chi connectivity index (χ1v) is 8.85. The molecule has 1 heterocycles. The summed E-state index contributed by atoms with van der Waals surface area (Å²) in [6, 6.07) is 17.3. The number of nitrogens with zero attached hydrogens (tertiary/aromatic N) is 2. The monoisotopic (exact) mass is 349 g/mol. The van der Waals surface area contributed by atoms with Gasteiger partial charge in [-0.1, -0.05) is 42.5 Å². The summed E-state index contributed by atoms with van der Waals surface area (Å²) in [5, 5.41) is 0.587. The Morgan fingerprint density at radius 1 is 1.12 bits per heavy atom. The highest BCUT2D eigenvalue weighted by atomic mass is 16.2. The van der Waals surface area contributed by atoms with Gasteiger partial charge in [-0.15, -0.1) is 0 Å². The van der Waals surface area contributed by atoms with E-state index < -0.39 is 0 Å². The summed E-state index contributed by atoms with van der Waals surface area (Å²) in [7, 11) is 1.83. The molecule has 1 amide bonds. The average Bonchev–Trinajstić information content (AvgIpc) is 2.67. The fourth-order valence-corrected chi connectivity index (χ4v) is 3.01. The van der Waals surface area contributed by atoms with Gasteiger partial charge in [-0.3, -0.25) is 9.59 Å². The molecule has 0 saturated carbocycles. The summed E-state index contributed by atoms with van der Waals surface area (Å²) in [6.45, 7) is 2.02. The number of amides is 1. The second kappa shape index (κ2) is 7.95. The average molecular weight is 349 g/mol. The lowest BCUT2D eigenvalue weighted by Crippen LogP contribution is -2.29. The van der Waals surface area contributed by atoms with Crippen LogP contribution >= 0.6 is 0 Å².